The molecule has 0 unspecified atom stereocenters. The highest BCUT2D eigenvalue weighted by molar-refractivity contribution is 6.36. The Balaban J connectivity index is 2.19. The number of hydrogen-bond donors (Lipinski definition) is 0. The number of benzene rings is 1. The zero-order valence-electron chi connectivity index (χ0n) is 10.6. The van der Waals surface area contributed by atoms with Crippen molar-refractivity contribution in [1.82, 2.24) is 14.5 Å². The van der Waals surface area contributed by atoms with E-state index in [1.807, 2.05) is 29.8 Å². The van der Waals surface area contributed by atoms with Gasteiger partial charge in [0, 0.05) is 16.8 Å². The van der Waals surface area contributed by atoms with Crippen LogP contribution in [0.1, 0.15) is 5.69 Å². The highest BCUT2D eigenvalue weighted by Crippen LogP contribution is 2.32. The van der Waals surface area contributed by atoms with E-state index in [0.29, 0.717) is 10.0 Å². The number of pyridine rings is 1. The fraction of sp³-hybridized carbons (Fsp3) is 0.0667. The third-order valence-corrected chi connectivity index (χ3v) is 3.46. The van der Waals surface area contributed by atoms with Gasteiger partial charge >= 0.3 is 0 Å². The van der Waals surface area contributed by atoms with E-state index in [-0.39, 0.29) is 0 Å². The number of nitrogens with zero attached hydrogens (tertiary/aromatic N) is 3. The first-order chi connectivity index (χ1) is 9.65. The summed E-state index contributed by atoms with van der Waals surface area (Å²) in [6.45, 7) is 1.94. The summed E-state index contributed by atoms with van der Waals surface area (Å²) >= 11 is 12.2. The Labute approximate surface area is 126 Å². The van der Waals surface area contributed by atoms with Gasteiger partial charge in [0.2, 0.25) is 0 Å². The van der Waals surface area contributed by atoms with E-state index in [4.69, 9.17) is 23.2 Å². The fourth-order valence-corrected chi connectivity index (χ4v) is 2.49. The molecule has 0 fully saturated rings. The second-order valence-electron chi connectivity index (χ2n) is 4.35. The maximum atomic E-state index is 6.27. The van der Waals surface area contributed by atoms with Crippen molar-refractivity contribution in [3.05, 3.63) is 64.8 Å². The Bertz CT molecular complexity index is 765. The van der Waals surface area contributed by atoms with E-state index in [2.05, 4.69) is 16.2 Å². The van der Waals surface area contributed by atoms with E-state index in [1.54, 1.807) is 24.5 Å². The number of hydrogen-bond acceptors (Lipinski definition) is 2. The zero-order valence-corrected chi connectivity index (χ0v) is 12.2. The molecule has 0 aliphatic rings. The molecule has 0 aliphatic carbocycles. The normalized spacial score (nSPS) is 10.8. The van der Waals surface area contributed by atoms with Gasteiger partial charge in [-0.25, -0.2) is 9.97 Å². The number of aryl methyl sites for hydroxylation is 1. The van der Waals surface area contributed by atoms with Gasteiger partial charge in [-0.05, 0) is 37.3 Å². The van der Waals surface area contributed by atoms with Gasteiger partial charge in [0.15, 0.2) is 0 Å². The van der Waals surface area contributed by atoms with E-state index < -0.39 is 0 Å². The minimum atomic E-state index is 0.558. The van der Waals surface area contributed by atoms with Gasteiger partial charge in [-0.2, -0.15) is 0 Å². The molecular weight excluding hydrogens is 293 g/mol. The van der Waals surface area contributed by atoms with Crippen LogP contribution < -0.4 is 0 Å². The summed E-state index contributed by atoms with van der Waals surface area (Å²) in [5, 5.41) is 1.15. The molecule has 0 N–H and O–H groups in total. The van der Waals surface area contributed by atoms with Crippen LogP contribution in [0.15, 0.2) is 42.9 Å². The van der Waals surface area contributed by atoms with Crippen LogP contribution >= 0.6 is 23.2 Å². The van der Waals surface area contributed by atoms with Crippen LogP contribution in [0, 0.1) is 13.1 Å². The zero-order chi connectivity index (χ0) is 14.1. The summed E-state index contributed by atoms with van der Waals surface area (Å²) < 4.78 is 1.91. The second kappa shape index (κ2) is 5.27. The largest absolute Gasteiger partial charge is 0.304 e. The standard InChI is InChI=1S/C15H10Cl2N3/c1-10-8-20(9-19-10)14-3-2-6-18-15(14)12-5-4-11(16)7-13(12)17/h2-5,7-9H,1H3. The van der Waals surface area contributed by atoms with Crippen molar-refractivity contribution in [2.75, 3.05) is 0 Å². The summed E-state index contributed by atoms with van der Waals surface area (Å²) in [7, 11) is 0. The molecule has 20 heavy (non-hydrogen) atoms. The van der Waals surface area contributed by atoms with Crippen LogP contribution in [0.4, 0.5) is 0 Å². The SMILES string of the molecule is Cc1cn(-c2cc[c]nc2-c2ccc(Cl)cc2Cl)cn1. The Kier molecular flexibility index (Phi) is 3.47. The lowest BCUT2D eigenvalue weighted by atomic mass is 10.1. The number of halogens is 2. The van der Waals surface area contributed by atoms with Crippen LogP contribution in [0.2, 0.25) is 10.0 Å². The van der Waals surface area contributed by atoms with Crippen LogP contribution in [0.25, 0.3) is 16.9 Å². The predicted octanol–water partition coefficient (Wildman–Crippen LogP) is 4.35. The fourth-order valence-electron chi connectivity index (χ4n) is 2.00. The topological polar surface area (TPSA) is 30.7 Å². The molecule has 0 bridgehead atoms. The van der Waals surface area contributed by atoms with E-state index >= 15 is 0 Å². The Morgan fingerprint density at radius 3 is 2.75 bits per heavy atom. The Morgan fingerprint density at radius 2 is 2.05 bits per heavy atom. The second-order valence-corrected chi connectivity index (χ2v) is 5.20. The number of aromatic nitrogens is 3. The predicted molar refractivity (Wildman–Crippen MR) is 80.4 cm³/mol. The highest BCUT2D eigenvalue weighted by Gasteiger charge is 2.12. The van der Waals surface area contributed by atoms with Gasteiger partial charge in [0.1, 0.15) is 0 Å². The highest BCUT2D eigenvalue weighted by atomic mass is 35.5. The third-order valence-electron chi connectivity index (χ3n) is 2.91. The smallest absolute Gasteiger partial charge is 0.0995 e. The van der Waals surface area contributed by atoms with Gasteiger partial charge in [-0.1, -0.05) is 23.2 Å². The van der Waals surface area contributed by atoms with Crippen LogP contribution in [-0.4, -0.2) is 14.5 Å². The van der Waals surface area contributed by atoms with Crippen molar-refractivity contribution in [1.29, 1.82) is 0 Å². The van der Waals surface area contributed by atoms with Crippen LogP contribution in [0.5, 0.6) is 0 Å². The summed E-state index contributed by atoms with van der Waals surface area (Å²) in [5.74, 6) is 0. The molecule has 2 heterocycles. The van der Waals surface area contributed by atoms with Crippen molar-refractivity contribution in [2.24, 2.45) is 0 Å². The van der Waals surface area contributed by atoms with Crippen molar-refractivity contribution >= 4 is 23.2 Å². The average Bonchev–Trinajstić information content (AvgIpc) is 2.85. The molecule has 1 aromatic carbocycles. The van der Waals surface area contributed by atoms with Gasteiger partial charge in [0.05, 0.1) is 34.6 Å². The average molecular weight is 303 g/mol. The Hall–Kier alpha value is -1.84. The molecule has 3 rings (SSSR count). The molecule has 5 heteroatoms. The number of imidazole rings is 1. The lowest BCUT2D eigenvalue weighted by Gasteiger charge is -2.10. The van der Waals surface area contributed by atoms with Gasteiger partial charge in [-0.15, -0.1) is 0 Å². The molecule has 3 aromatic rings. The quantitative estimate of drug-likeness (QED) is 0.704. The molecule has 0 spiro atoms. The van der Waals surface area contributed by atoms with Crippen molar-refractivity contribution in [3.63, 3.8) is 0 Å². The number of rotatable bonds is 2. The summed E-state index contributed by atoms with van der Waals surface area (Å²) in [6, 6.07) is 9.04. The molecule has 3 nitrogen and oxygen atoms in total. The molecular formula is C15H10Cl2N3. The summed E-state index contributed by atoms with van der Waals surface area (Å²) in [6.07, 6.45) is 6.53. The third kappa shape index (κ3) is 2.42. The minimum absolute atomic E-state index is 0.558. The van der Waals surface area contributed by atoms with E-state index in [9.17, 15) is 0 Å². The molecule has 0 saturated carbocycles. The molecule has 0 saturated heterocycles. The maximum Gasteiger partial charge on any atom is 0.0995 e. The monoisotopic (exact) mass is 302 g/mol. The molecule has 2 aromatic heterocycles. The first kappa shape index (κ1) is 13.2. The van der Waals surface area contributed by atoms with Crippen LogP contribution in [0.3, 0.4) is 0 Å². The van der Waals surface area contributed by atoms with Crippen LogP contribution in [-0.2, 0) is 0 Å². The lowest BCUT2D eigenvalue weighted by molar-refractivity contribution is 1.04. The van der Waals surface area contributed by atoms with Gasteiger partial charge in [0.25, 0.3) is 0 Å². The molecule has 0 amide bonds. The lowest BCUT2D eigenvalue weighted by Crippen LogP contribution is -1.97. The van der Waals surface area contributed by atoms with Gasteiger partial charge < -0.3 is 4.57 Å². The van der Waals surface area contributed by atoms with Crippen molar-refractivity contribution < 1.29 is 0 Å². The summed E-state index contributed by atoms with van der Waals surface area (Å²) in [4.78, 5) is 8.56. The molecule has 99 valence electrons. The maximum absolute atomic E-state index is 6.27. The van der Waals surface area contributed by atoms with Gasteiger partial charge in [-0.3, -0.25) is 0 Å². The first-order valence-electron chi connectivity index (χ1n) is 5.98. The van der Waals surface area contributed by atoms with E-state index in [0.717, 1.165) is 22.6 Å². The summed E-state index contributed by atoms with van der Waals surface area (Å²) in [5.41, 5.74) is 3.39. The van der Waals surface area contributed by atoms with Crippen molar-refractivity contribution in [3.8, 4) is 16.9 Å². The van der Waals surface area contributed by atoms with E-state index in [1.165, 1.54) is 0 Å². The Morgan fingerprint density at radius 1 is 1.20 bits per heavy atom. The molecule has 0 atom stereocenters. The first-order valence-corrected chi connectivity index (χ1v) is 6.74. The molecule has 1 radical (unpaired) electrons. The molecule has 0 aliphatic heterocycles. The van der Waals surface area contributed by atoms with Crippen molar-refractivity contribution in [2.45, 2.75) is 6.92 Å². The minimum Gasteiger partial charge on any atom is -0.304 e.